The summed E-state index contributed by atoms with van der Waals surface area (Å²) in [6, 6.07) is 12.4. The maximum Gasteiger partial charge on any atom is 0.286 e. The van der Waals surface area contributed by atoms with Gasteiger partial charge in [0.25, 0.3) is 5.24 Å². The third-order valence-corrected chi connectivity index (χ3v) is 7.81. The second-order valence-corrected chi connectivity index (χ2v) is 11.4. The largest absolute Gasteiger partial charge is 0.494 e. The van der Waals surface area contributed by atoms with Crippen molar-refractivity contribution >= 4 is 33.7 Å². The number of fused-ring (bicyclic) bond motifs is 1. The van der Waals surface area contributed by atoms with Gasteiger partial charge < -0.3 is 4.74 Å². The van der Waals surface area contributed by atoms with Crippen LogP contribution < -0.4 is 10.1 Å². The molecule has 2 amide bonds. The van der Waals surface area contributed by atoms with Gasteiger partial charge in [-0.05, 0) is 61.1 Å². The zero-order chi connectivity index (χ0) is 25.6. The first kappa shape index (κ1) is 28.3. The Balaban J connectivity index is 1.21. The molecule has 1 unspecified atom stereocenters. The van der Waals surface area contributed by atoms with E-state index in [2.05, 4.69) is 43.1 Å². The fourth-order valence-electron chi connectivity index (χ4n) is 4.72. The fourth-order valence-corrected chi connectivity index (χ4v) is 5.58. The zero-order valence-corrected chi connectivity index (χ0v) is 22.8. The van der Waals surface area contributed by atoms with Crippen molar-refractivity contribution in [3.8, 4) is 5.75 Å². The van der Waals surface area contributed by atoms with Gasteiger partial charge in [-0.15, -0.1) is 6.58 Å². The van der Waals surface area contributed by atoms with Gasteiger partial charge >= 0.3 is 0 Å². The summed E-state index contributed by atoms with van der Waals surface area (Å²) >= 11 is 1.08. The number of allylic oxidation sites excluding steroid dienone is 1. The first-order valence-corrected chi connectivity index (χ1v) is 14.7. The summed E-state index contributed by atoms with van der Waals surface area (Å²) in [7, 11) is 0. The minimum Gasteiger partial charge on any atom is -0.494 e. The van der Waals surface area contributed by atoms with Crippen LogP contribution in [0.4, 0.5) is 4.79 Å². The van der Waals surface area contributed by atoms with Gasteiger partial charge in [-0.1, -0.05) is 106 Å². The second-order valence-electron chi connectivity index (χ2n) is 10.2. The Morgan fingerprint density at radius 1 is 0.833 bits per heavy atom. The monoisotopic (exact) mass is 509 g/mol. The molecule has 0 aliphatic carbocycles. The van der Waals surface area contributed by atoms with Crippen LogP contribution >= 0.6 is 11.8 Å². The molecule has 36 heavy (non-hydrogen) atoms. The summed E-state index contributed by atoms with van der Waals surface area (Å²) in [5.74, 6) is 0.719. The van der Waals surface area contributed by atoms with Crippen molar-refractivity contribution in [3.63, 3.8) is 0 Å². The molecule has 3 rings (SSSR count). The zero-order valence-electron chi connectivity index (χ0n) is 22.0. The molecule has 1 aliphatic heterocycles. The molecule has 2 aromatic carbocycles. The minimum absolute atomic E-state index is 0.190. The number of carbonyl (C=O) groups excluding carboxylic acids is 2. The highest BCUT2D eigenvalue weighted by Gasteiger charge is 2.31. The topological polar surface area (TPSA) is 55.4 Å². The first-order valence-electron chi connectivity index (χ1n) is 13.8. The molecule has 1 N–H and O–H groups in total. The van der Waals surface area contributed by atoms with Crippen LogP contribution in [0.5, 0.6) is 5.75 Å². The van der Waals surface area contributed by atoms with Crippen molar-refractivity contribution in [2.75, 3.05) is 6.61 Å². The van der Waals surface area contributed by atoms with E-state index in [1.54, 1.807) is 0 Å². The third kappa shape index (κ3) is 10.4. The highest BCUT2D eigenvalue weighted by atomic mass is 32.2. The molecule has 1 saturated heterocycles. The SMILES string of the molecule is C=C(C)CCCCCCCCCCCCCCOc1ccc2cc(CC3SC(=O)NC3=O)ccc2c1. The molecule has 1 aliphatic rings. The number of carbonyl (C=O) groups is 2. The van der Waals surface area contributed by atoms with Crippen LogP contribution in [-0.2, 0) is 11.2 Å². The summed E-state index contributed by atoms with van der Waals surface area (Å²) < 4.78 is 5.99. The van der Waals surface area contributed by atoms with Crippen molar-refractivity contribution in [2.45, 2.75) is 102 Å². The minimum atomic E-state index is -0.329. The number of amides is 2. The van der Waals surface area contributed by atoms with Gasteiger partial charge in [-0.2, -0.15) is 0 Å². The Labute approximate surface area is 221 Å². The molecule has 0 radical (unpaired) electrons. The fraction of sp³-hybridized carbons (Fsp3) is 0.548. The average molecular weight is 510 g/mol. The van der Waals surface area contributed by atoms with Crippen molar-refractivity contribution < 1.29 is 14.3 Å². The Morgan fingerprint density at radius 3 is 2.03 bits per heavy atom. The number of imide groups is 1. The number of rotatable bonds is 18. The van der Waals surface area contributed by atoms with E-state index in [0.29, 0.717) is 6.42 Å². The smallest absolute Gasteiger partial charge is 0.286 e. The molecule has 0 saturated carbocycles. The van der Waals surface area contributed by atoms with Gasteiger partial charge in [0.1, 0.15) is 5.75 Å². The lowest BCUT2D eigenvalue weighted by Gasteiger charge is -2.10. The number of ether oxygens (including phenoxy) is 1. The molecule has 0 aromatic heterocycles. The number of hydrogen-bond acceptors (Lipinski definition) is 4. The number of nitrogens with one attached hydrogen (secondary N) is 1. The van der Waals surface area contributed by atoms with Crippen LogP contribution in [0.25, 0.3) is 10.8 Å². The lowest BCUT2D eigenvalue weighted by Crippen LogP contribution is -2.25. The highest BCUT2D eigenvalue weighted by molar-refractivity contribution is 8.15. The number of thioether (sulfide) groups is 1. The molecular weight excluding hydrogens is 466 g/mol. The van der Waals surface area contributed by atoms with Gasteiger partial charge in [0.05, 0.1) is 11.9 Å². The molecule has 5 heteroatoms. The average Bonchev–Trinajstić information content (AvgIpc) is 3.17. The lowest BCUT2D eigenvalue weighted by atomic mass is 10.0. The van der Waals surface area contributed by atoms with Crippen LogP contribution in [0.2, 0.25) is 0 Å². The Bertz CT molecular complexity index is 1000. The highest BCUT2D eigenvalue weighted by Crippen LogP contribution is 2.26. The van der Waals surface area contributed by atoms with Crippen LogP contribution in [0, 0.1) is 0 Å². The molecular formula is C31H43NO3S. The quantitative estimate of drug-likeness (QED) is 0.161. The van der Waals surface area contributed by atoms with Gasteiger partial charge in [0, 0.05) is 0 Å². The maximum absolute atomic E-state index is 11.8. The van der Waals surface area contributed by atoms with Crippen molar-refractivity contribution in [1.82, 2.24) is 5.32 Å². The maximum atomic E-state index is 11.8. The van der Waals surface area contributed by atoms with Gasteiger partial charge in [0.15, 0.2) is 0 Å². The van der Waals surface area contributed by atoms with Gasteiger partial charge in [-0.3, -0.25) is 14.9 Å². The van der Waals surface area contributed by atoms with Crippen LogP contribution in [0.3, 0.4) is 0 Å². The number of benzene rings is 2. The van der Waals surface area contributed by atoms with Crippen molar-refractivity contribution in [3.05, 3.63) is 54.1 Å². The third-order valence-electron chi connectivity index (χ3n) is 6.83. The second kappa shape index (κ2) is 15.8. The van der Waals surface area contributed by atoms with E-state index in [4.69, 9.17) is 4.74 Å². The summed E-state index contributed by atoms with van der Waals surface area (Å²) in [5.41, 5.74) is 2.38. The standard InChI is InChI=1S/C31H43NO3S/c1-24(2)15-13-11-9-7-5-3-4-6-8-10-12-14-20-35-28-19-18-26-21-25(16-17-27(26)23-28)22-29-30(33)32-31(34)36-29/h16-19,21,23,29H,1,3-15,20,22H2,2H3,(H,32,33,34). The van der Waals surface area contributed by atoms with E-state index < -0.39 is 0 Å². The normalized spacial score (nSPS) is 15.4. The first-order chi connectivity index (χ1) is 17.5. The van der Waals surface area contributed by atoms with E-state index in [1.165, 1.54) is 82.6 Å². The lowest BCUT2D eigenvalue weighted by molar-refractivity contribution is -0.118. The summed E-state index contributed by atoms with van der Waals surface area (Å²) in [6.07, 6.45) is 17.7. The van der Waals surface area contributed by atoms with E-state index in [0.717, 1.165) is 46.9 Å². The molecule has 0 bridgehead atoms. The molecule has 2 aromatic rings. The summed E-state index contributed by atoms with van der Waals surface area (Å²) in [4.78, 5) is 23.2. The molecule has 4 nitrogen and oxygen atoms in total. The van der Waals surface area contributed by atoms with Crippen LogP contribution in [0.15, 0.2) is 48.6 Å². The van der Waals surface area contributed by atoms with Crippen molar-refractivity contribution in [2.24, 2.45) is 0 Å². The van der Waals surface area contributed by atoms with Crippen molar-refractivity contribution in [1.29, 1.82) is 0 Å². The van der Waals surface area contributed by atoms with Gasteiger partial charge in [-0.25, -0.2) is 0 Å². The van der Waals surface area contributed by atoms with E-state index in [1.807, 2.05) is 12.1 Å². The van der Waals surface area contributed by atoms with E-state index in [-0.39, 0.29) is 16.4 Å². The number of unbranched alkanes of at least 4 members (excludes halogenated alkanes) is 11. The molecule has 1 atom stereocenters. The summed E-state index contributed by atoms with van der Waals surface area (Å²) in [6.45, 7) is 6.86. The molecule has 196 valence electrons. The van der Waals surface area contributed by atoms with E-state index >= 15 is 0 Å². The Kier molecular flexibility index (Phi) is 12.4. The predicted octanol–water partition coefficient (Wildman–Crippen LogP) is 8.76. The molecule has 0 spiro atoms. The molecule has 1 heterocycles. The Hall–Kier alpha value is -2.27. The van der Waals surface area contributed by atoms with Crippen LogP contribution in [-0.4, -0.2) is 23.0 Å². The summed E-state index contributed by atoms with van der Waals surface area (Å²) in [5, 5.41) is 4.02. The van der Waals surface area contributed by atoms with Crippen LogP contribution in [0.1, 0.15) is 96.0 Å². The molecule has 1 fully saturated rings. The Morgan fingerprint density at radius 2 is 1.42 bits per heavy atom. The van der Waals surface area contributed by atoms with E-state index in [9.17, 15) is 9.59 Å². The predicted molar refractivity (Wildman–Crippen MR) is 153 cm³/mol. The van der Waals surface area contributed by atoms with Gasteiger partial charge in [0.2, 0.25) is 5.91 Å². The number of hydrogen-bond donors (Lipinski definition) is 1.